The zero-order valence-corrected chi connectivity index (χ0v) is 17.8. The predicted octanol–water partition coefficient (Wildman–Crippen LogP) is 4.53. The zero-order chi connectivity index (χ0) is 20.2. The number of alkyl halides is 2. The Morgan fingerprint density at radius 2 is 2.04 bits per heavy atom. The summed E-state index contributed by atoms with van der Waals surface area (Å²) >= 11 is 3.42. The molecule has 0 aromatic heterocycles. The number of hydrogen-bond donors (Lipinski definition) is 0. The van der Waals surface area contributed by atoms with Gasteiger partial charge in [0.05, 0.1) is 0 Å². The standard InChI is InChI=1S/C19H27BrF2N2O3/c1-13-10-23(7-8-24(13)18(25)27-19(2,3)4)11-14-9-15(20)5-6-16(14)26-12-17(21)22/h5-6,9,13,17H,7-8,10-12H2,1-4H3/t13-/m1/s1. The normalized spacial score (nSPS) is 18.7. The molecule has 0 unspecified atom stereocenters. The number of carbonyl (C=O) groups excluding carboxylic acids is 1. The minimum absolute atomic E-state index is 0.00816. The van der Waals surface area contributed by atoms with Crippen LogP contribution in [0.25, 0.3) is 0 Å². The molecule has 0 N–H and O–H groups in total. The van der Waals surface area contributed by atoms with Crippen molar-refractivity contribution in [3.8, 4) is 5.75 Å². The summed E-state index contributed by atoms with van der Waals surface area (Å²) in [6.45, 7) is 9.34. The van der Waals surface area contributed by atoms with Crippen molar-refractivity contribution in [2.24, 2.45) is 0 Å². The van der Waals surface area contributed by atoms with Gasteiger partial charge in [-0.25, -0.2) is 13.6 Å². The summed E-state index contributed by atoms with van der Waals surface area (Å²) in [5, 5.41) is 0. The van der Waals surface area contributed by atoms with E-state index < -0.39 is 18.6 Å². The van der Waals surface area contributed by atoms with Gasteiger partial charge in [0.25, 0.3) is 6.43 Å². The van der Waals surface area contributed by atoms with Crippen LogP contribution < -0.4 is 4.74 Å². The van der Waals surface area contributed by atoms with Crippen LogP contribution in [0.15, 0.2) is 22.7 Å². The third kappa shape index (κ3) is 6.92. The number of halogens is 3. The van der Waals surface area contributed by atoms with Crippen LogP contribution in [0.1, 0.15) is 33.3 Å². The van der Waals surface area contributed by atoms with Gasteiger partial charge >= 0.3 is 6.09 Å². The summed E-state index contributed by atoms with van der Waals surface area (Å²) in [7, 11) is 0. The van der Waals surface area contributed by atoms with Gasteiger partial charge in [-0.3, -0.25) is 4.90 Å². The van der Waals surface area contributed by atoms with E-state index >= 15 is 0 Å². The summed E-state index contributed by atoms with van der Waals surface area (Å²) in [6.07, 6.45) is -2.82. The molecule has 1 amide bonds. The molecule has 1 aromatic carbocycles. The summed E-state index contributed by atoms with van der Waals surface area (Å²) < 4.78 is 36.5. The van der Waals surface area contributed by atoms with Crippen LogP contribution in [0.3, 0.4) is 0 Å². The predicted molar refractivity (Wildman–Crippen MR) is 103 cm³/mol. The van der Waals surface area contributed by atoms with Crippen molar-refractivity contribution in [3.05, 3.63) is 28.2 Å². The molecule has 1 fully saturated rings. The number of amides is 1. The first-order chi connectivity index (χ1) is 12.5. The number of hydrogen-bond acceptors (Lipinski definition) is 4. The smallest absolute Gasteiger partial charge is 0.410 e. The topological polar surface area (TPSA) is 42.0 Å². The van der Waals surface area contributed by atoms with Crippen molar-refractivity contribution in [2.45, 2.75) is 52.3 Å². The molecule has 27 heavy (non-hydrogen) atoms. The van der Waals surface area contributed by atoms with E-state index in [-0.39, 0.29) is 12.1 Å². The summed E-state index contributed by atoms with van der Waals surface area (Å²) in [5.74, 6) is 0.459. The van der Waals surface area contributed by atoms with Gasteiger partial charge in [0.15, 0.2) is 0 Å². The fraction of sp³-hybridized carbons (Fsp3) is 0.632. The highest BCUT2D eigenvalue weighted by Gasteiger charge is 2.31. The lowest BCUT2D eigenvalue weighted by molar-refractivity contribution is 0.000428. The first kappa shape index (κ1) is 21.9. The maximum Gasteiger partial charge on any atom is 0.410 e. The van der Waals surface area contributed by atoms with E-state index in [0.717, 1.165) is 10.0 Å². The first-order valence-corrected chi connectivity index (χ1v) is 9.76. The molecule has 0 radical (unpaired) electrons. The molecule has 0 aliphatic carbocycles. The van der Waals surface area contributed by atoms with E-state index in [4.69, 9.17) is 9.47 Å². The van der Waals surface area contributed by atoms with Crippen LogP contribution >= 0.6 is 15.9 Å². The lowest BCUT2D eigenvalue weighted by atomic mass is 10.1. The molecular formula is C19H27BrF2N2O3. The molecule has 8 heteroatoms. The summed E-state index contributed by atoms with van der Waals surface area (Å²) in [4.78, 5) is 16.2. The molecule has 2 rings (SSSR count). The van der Waals surface area contributed by atoms with Gasteiger partial charge in [0.1, 0.15) is 18.0 Å². The van der Waals surface area contributed by atoms with E-state index in [0.29, 0.717) is 31.9 Å². The number of carbonyl (C=O) groups is 1. The molecule has 1 saturated heterocycles. The summed E-state index contributed by atoms with van der Waals surface area (Å²) in [5.41, 5.74) is 0.309. The van der Waals surface area contributed by atoms with Crippen molar-refractivity contribution < 1.29 is 23.0 Å². The van der Waals surface area contributed by atoms with E-state index in [1.54, 1.807) is 17.0 Å². The van der Waals surface area contributed by atoms with Gasteiger partial charge in [-0.15, -0.1) is 0 Å². The van der Waals surface area contributed by atoms with Crippen molar-refractivity contribution in [1.29, 1.82) is 0 Å². The minimum atomic E-state index is -2.51. The second kappa shape index (κ2) is 9.19. The highest BCUT2D eigenvalue weighted by Crippen LogP contribution is 2.26. The molecule has 5 nitrogen and oxygen atoms in total. The molecule has 0 bridgehead atoms. The highest BCUT2D eigenvalue weighted by atomic mass is 79.9. The average Bonchev–Trinajstić information content (AvgIpc) is 2.52. The van der Waals surface area contributed by atoms with Crippen LogP contribution in [-0.4, -0.2) is 60.2 Å². The lowest BCUT2D eigenvalue weighted by Gasteiger charge is -2.40. The number of piperazine rings is 1. The Labute approximate surface area is 167 Å². The zero-order valence-electron chi connectivity index (χ0n) is 16.2. The van der Waals surface area contributed by atoms with Crippen LogP contribution in [-0.2, 0) is 11.3 Å². The van der Waals surface area contributed by atoms with Crippen LogP contribution in [0.2, 0.25) is 0 Å². The molecule has 0 saturated carbocycles. The maximum absolute atomic E-state index is 12.5. The second-order valence-electron chi connectivity index (χ2n) is 7.71. The Morgan fingerprint density at radius 3 is 2.63 bits per heavy atom. The van der Waals surface area contributed by atoms with E-state index in [2.05, 4.69) is 20.8 Å². The molecule has 1 aromatic rings. The van der Waals surface area contributed by atoms with Gasteiger partial charge in [-0.1, -0.05) is 15.9 Å². The monoisotopic (exact) mass is 448 g/mol. The lowest BCUT2D eigenvalue weighted by Crippen LogP contribution is -2.54. The van der Waals surface area contributed by atoms with Gasteiger partial charge in [0.2, 0.25) is 0 Å². The Hall–Kier alpha value is -1.41. The van der Waals surface area contributed by atoms with Gasteiger partial charge in [0, 0.05) is 42.3 Å². The van der Waals surface area contributed by atoms with Crippen LogP contribution in [0.4, 0.5) is 13.6 Å². The molecule has 0 spiro atoms. The average molecular weight is 449 g/mol. The van der Waals surface area contributed by atoms with Crippen molar-refractivity contribution in [2.75, 3.05) is 26.2 Å². The Bertz CT molecular complexity index is 652. The fourth-order valence-corrected chi connectivity index (χ4v) is 3.38. The quantitative estimate of drug-likeness (QED) is 0.663. The first-order valence-electron chi connectivity index (χ1n) is 8.96. The number of rotatable bonds is 5. The molecule has 152 valence electrons. The van der Waals surface area contributed by atoms with Crippen LogP contribution in [0, 0.1) is 0 Å². The third-order valence-corrected chi connectivity index (χ3v) is 4.61. The number of nitrogens with zero attached hydrogens (tertiary/aromatic N) is 2. The SMILES string of the molecule is C[C@@H]1CN(Cc2cc(Br)ccc2OCC(F)F)CCN1C(=O)OC(C)(C)C. The number of benzene rings is 1. The Morgan fingerprint density at radius 1 is 1.33 bits per heavy atom. The van der Waals surface area contributed by atoms with Crippen LogP contribution in [0.5, 0.6) is 5.75 Å². The second-order valence-corrected chi connectivity index (χ2v) is 8.63. The van der Waals surface area contributed by atoms with Crippen molar-refractivity contribution in [3.63, 3.8) is 0 Å². The largest absolute Gasteiger partial charge is 0.487 e. The Kier molecular flexibility index (Phi) is 7.45. The summed E-state index contributed by atoms with van der Waals surface area (Å²) in [6, 6.07) is 5.34. The minimum Gasteiger partial charge on any atom is -0.487 e. The number of ether oxygens (including phenoxy) is 2. The van der Waals surface area contributed by atoms with Crippen molar-refractivity contribution >= 4 is 22.0 Å². The molecule has 1 aliphatic rings. The van der Waals surface area contributed by atoms with E-state index in [9.17, 15) is 13.6 Å². The van der Waals surface area contributed by atoms with Crippen molar-refractivity contribution in [1.82, 2.24) is 9.80 Å². The molecule has 1 atom stereocenters. The van der Waals surface area contributed by atoms with E-state index in [1.165, 1.54) is 0 Å². The fourth-order valence-electron chi connectivity index (χ4n) is 2.97. The van der Waals surface area contributed by atoms with Gasteiger partial charge in [-0.05, 0) is 45.9 Å². The molecule has 1 aliphatic heterocycles. The molecular weight excluding hydrogens is 422 g/mol. The van der Waals surface area contributed by atoms with Gasteiger partial charge in [-0.2, -0.15) is 0 Å². The highest BCUT2D eigenvalue weighted by molar-refractivity contribution is 9.10. The van der Waals surface area contributed by atoms with Gasteiger partial charge < -0.3 is 14.4 Å². The Balaban J connectivity index is 2.00. The third-order valence-electron chi connectivity index (χ3n) is 4.12. The maximum atomic E-state index is 12.5. The molecule has 1 heterocycles. The van der Waals surface area contributed by atoms with E-state index in [1.807, 2.05) is 33.8 Å².